The predicted molar refractivity (Wildman–Crippen MR) is 39.3 cm³/mol. The highest BCUT2D eigenvalue weighted by Crippen LogP contribution is 1.83. The zero-order valence-electron chi connectivity index (χ0n) is 6.28. The van der Waals surface area contributed by atoms with Crippen LogP contribution in [0.3, 0.4) is 0 Å². The molecule has 3 nitrogen and oxygen atoms in total. The molecule has 0 atom stereocenters. The first-order valence-electron chi connectivity index (χ1n) is 3.30. The maximum atomic E-state index is 8.41. The van der Waals surface area contributed by atoms with Gasteiger partial charge in [-0.2, -0.15) is 0 Å². The molecule has 0 aliphatic heterocycles. The van der Waals surface area contributed by atoms with Crippen LogP contribution in [0.4, 0.5) is 0 Å². The van der Waals surface area contributed by atoms with Crippen LogP contribution >= 0.6 is 0 Å². The van der Waals surface area contributed by atoms with Gasteiger partial charge in [0.2, 0.25) is 0 Å². The average molecular weight is 140 g/mol. The fourth-order valence-corrected chi connectivity index (χ4v) is 0.412. The molecule has 0 saturated carbocycles. The molecular formula is C7H12N2O. The van der Waals surface area contributed by atoms with Crippen LogP contribution in [0, 0.1) is 0 Å². The van der Waals surface area contributed by atoms with Crippen LogP contribution in [0.2, 0.25) is 0 Å². The summed E-state index contributed by atoms with van der Waals surface area (Å²) in [6.07, 6.45) is 3.19. The van der Waals surface area contributed by atoms with E-state index in [-0.39, 0.29) is 6.61 Å². The van der Waals surface area contributed by atoms with E-state index in [9.17, 15) is 0 Å². The molecule has 0 fully saturated rings. The summed E-state index contributed by atoms with van der Waals surface area (Å²) in [5, 5.41) is 8.41. The van der Waals surface area contributed by atoms with Gasteiger partial charge in [-0.3, -0.25) is 0 Å². The Labute approximate surface area is 60.8 Å². The lowest BCUT2D eigenvalue weighted by molar-refractivity contribution is 0.271. The molecule has 1 rings (SSSR count). The van der Waals surface area contributed by atoms with E-state index in [1.807, 2.05) is 13.8 Å². The second kappa shape index (κ2) is 6.16. The highest BCUT2D eigenvalue weighted by Gasteiger charge is 1.84. The Morgan fingerprint density at radius 1 is 1.30 bits per heavy atom. The SMILES string of the molecule is CC.OCc1ncccn1. The number of hydrogen-bond acceptors (Lipinski definition) is 3. The summed E-state index contributed by atoms with van der Waals surface area (Å²) in [5.74, 6) is 0.465. The van der Waals surface area contributed by atoms with Crippen molar-refractivity contribution in [3.8, 4) is 0 Å². The Kier molecular flexibility index (Phi) is 5.57. The van der Waals surface area contributed by atoms with Crippen molar-refractivity contribution in [2.24, 2.45) is 0 Å². The maximum absolute atomic E-state index is 8.41. The molecule has 0 aliphatic carbocycles. The van der Waals surface area contributed by atoms with Gasteiger partial charge in [-0.25, -0.2) is 9.97 Å². The van der Waals surface area contributed by atoms with Crippen molar-refractivity contribution in [1.29, 1.82) is 0 Å². The summed E-state index contributed by atoms with van der Waals surface area (Å²) in [4.78, 5) is 7.47. The van der Waals surface area contributed by atoms with Crippen molar-refractivity contribution >= 4 is 0 Å². The minimum absolute atomic E-state index is 0.0825. The summed E-state index contributed by atoms with van der Waals surface area (Å²) in [6.45, 7) is 3.92. The molecule has 0 amide bonds. The summed E-state index contributed by atoms with van der Waals surface area (Å²) >= 11 is 0. The largest absolute Gasteiger partial charge is 0.388 e. The third-order valence-electron chi connectivity index (χ3n) is 0.761. The van der Waals surface area contributed by atoms with E-state index in [1.54, 1.807) is 18.5 Å². The normalized spacial score (nSPS) is 7.90. The number of nitrogens with zero attached hydrogens (tertiary/aromatic N) is 2. The van der Waals surface area contributed by atoms with Gasteiger partial charge in [0.1, 0.15) is 6.61 Å². The lowest BCUT2D eigenvalue weighted by atomic mass is 10.6. The van der Waals surface area contributed by atoms with Gasteiger partial charge in [0, 0.05) is 12.4 Å². The molecule has 0 aliphatic rings. The molecule has 0 radical (unpaired) electrons. The lowest BCUT2D eigenvalue weighted by Gasteiger charge is -1.87. The smallest absolute Gasteiger partial charge is 0.153 e. The standard InChI is InChI=1S/C5H6N2O.C2H6/c8-4-5-6-2-1-3-7-5;1-2/h1-3,8H,4H2;1-2H3. The number of aliphatic hydroxyl groups is 1. The Morgan fingerprint density at radius 3 is 2.10 bits per heavy atom. The van der Waals surface area contributed by atoms with E-state index in [4.69, 9.17) is 5.11 Å². The molecule has 0 saturated heterocycles. The van der Waals surface area contributed by atoms with Crippen LogP contribution in [0.25, 0.3) is 0 Å². The highest BCUT2D eigenvalue weighted by atomic mass is 16.3. The second-order valence-electron chi connectivity index (χ2n) is 1.32. The zero-order valence-corrected chi connectivity index (χ0v) is 6.28. The Hall–Kier alpha value is -0.960. The number of hydrogen-bond donors (Lipinski definition) is 1. The molecule has 1 aromatic heterocycles. The van der Waals surface area contributed by atoms with Crippen LogP contribution in [-0.2, 0) is 6.61 Å². The fraction of sp³-hybridized carbons (Fsp3) is 0.429. The van der Waals surface area contributed by atoms with Gasteiger partial charge in [-0.1, -0.05) is 13.8 Å². The number of aliphatic hydroxyl groups excluding tert-OH is 1. The molecule has 56 valence electrons. The Morgan fingerprint density at radius 2 is 1.80 bits per heavy atom. The van der Waals surface area contributed by atoms with Crippen molar-refractivity contribution in [1.82, 2.24) is 9.97 Å². The minimum Gasteiger partial charge on any atom is -0.388 e. The first-order valence-corrected chi connectivity index (χ1v) is 3.30. The van der Waals surface area contributed by atoms with E-state index >= 15 is 0 Å². The number of rotatable bonds is 1. The molecule has 3 heteroatoms. The van der Waals surface area contributed by atoms with E-state index < -0.39 is 0 Å². The topological polar surface area (TPSA) is 46.0 Å². The van der Waals surface area contributed by atoms with Crippen molar-refractivity contribution < 1.29 is 5.11 Å². The molecule has 1 aromatic rings. The van der Waals surface area contributed by atoms with Gasteiger partial charge in [-0.15, -0.1) is 0 Å². The van der Waals surface area contributed by atoms with Crippen molar-refractivity contribution in [3.63, 3.8) is 0 Å². The molecule has 1 heterocycles. The summed E-state index contributed by atoms with van der Waals surface area (Å²) in [5.41, 5.74) is 0. The van der Waals surface area contributed by atoms with Crippen LogP contribution in [0.15, 0.2) is 18.5 Å². The molecule has 0 spiro atoms. The lowest BCUT2D eigenvalue weighted by Crippen LogP contribution is -1.90. The van der Waals surface area contributed by atoms with Gasteiger partial charge < -0.3 is 5.11 Å². The van der Waals surface area contributed by atoms with Crippen LogP contribution in [0.5, 0.6) is 0 Å². The maximum Gasteiger partial charge on any atom is 0.153 e. The van der Waals surface area contributed by atoms with E-state index in [0.717, 1.165) is 0 Å². The number of aromatic nitrogens is 2. The summed E-state index contributed by atoms with van der Waals surface area (Å²) < 4.78 is 0. The predicted octanol–water partition coefficient (Wildman–Crippen LogP) is 0.995. The van der Waals surface area contributed by atoms with Gasteiger partial charge in [0.15, 0.2) is 5.82 Å². The van der Waals surface area contributed by atoms with Crippen molar-refractivity contribution in [3.05, 3.63) is 24.3 Å². The second-order valence-corrected chi connectivity index (χ2v) is 1.32. The summed E-state index contributed by atoms with van der Waals surface area (Å²) in [6, 6.07) is 1.71. The highest BCUT2D eigenvalue weighted by molar-refractivity contribution is 4.85. The van der Waals surface area contributed by atoms with Gasteiger partial charge in [-0.05, 0) is 6.07 Å². The third kappa shape index (κ3) is 3.14. The van der Waals surface area contributed by atoms with Crippen LogP contribution in [0.1, 0.15) is 19.7 Å². The quantitative estimate of drug-likeness (QED) is 0.632. The summed E-state index contributed by atoms with van der Waals surface area (Å²) in [7, 11) is 0. The monoisotopic (exact) mass is 140 g/mol. The Bertz CT molecular complexity index is 153. The molecule has 0 bridgehead atoms. The first-order chi connectivity index (χ1) is 4.93. The fourth-order valence-electron chi connectivity index (χ4n) is 0.412. The molecule has 0 aromatic carbocycles. The van der Waals surface area contributed by atoms with E-state index in [2.05, 4.69) is 9.97 Å². The molecular weight excluding hydrogens is 128 g/mol. The molecule has 1 N–H and O–H groups in total. The van der Waals surface area contributed by atoms with Gasteiger partial charge >= 0.3 is 0 Å². The van der Waals surface area contributed by atoms with Gasteiger partial charge in [0.25, 0.3) is 0 Å². The minimum atomic E-state index is -0.0825. The zero-order chi connectivity index (χ0) is 7.82. The molecule has 0 unspecified atom stereocenters. The molecule has 10 heavy (non-hydrogen) atoms. The van der Waals surface area contributed by atoms with E-state index in [1.165, 1.54) is 0 Å². The van der Waals surface area contributed by atoms with Crippen LogP contribution in [-0.4, -0.2) is 15.1 Å². The van der Waals surface area contributed by atoms with Gasteiger partial charge in [0.05, 0.1) is 0 Å². The average Bonchev–Trinajstić information content (AvgIpc) is 2.10. The third-order valence-corrected chi connectivity index (χ3v) is 0.761. The van der Waals surface area contributed by atoms with Crippen LogP contribution < -0.4 is 0 Å². The van der Waals surface area contributed by atoms with Crippen molar-refractivity contribution in [2.45, 2.75) is 20.5 Å². The van der Waals surface area contributed by atoms with Crippen molar-refractivity contribution in [2.75, 3.05) is 0 Å². The first kappa shape index (κ1) is 9.04. The van der Waals surface area contributed by atoms with E-state index in [0.29, 0.717) is 5.82 Å². The Balaban J connectivity index is 0.000000371.